The van der Waals surface area contributed by atoms with Crippen LogP contribution in [-0.4, -0.2) is 23.0 Å². The van der Waals surface area contributed by atoms with Crippen LogP contribution in [0, 0.1) is 13.8 Å². The molecule has 0 atom stereocenters. The molecule has 0 saturated carbocycles. The van der Waals surface area contributed by atoms with Crippen molar-refractivity contribution in [3.05, 3.63) is 17.0 Å². The number of amides is 1. The van der Waals surface area contributed by atoms with Crippen LogP contribution in [0.5, 0.6) is 0 Å². The van der Waals surface area contributed by atoms with E-state index in [-0.39, 0.29) is 5.91 Å². The molecule has 0 N–H and O–H groups in total. The van der Waals surface area contributed by atoms with Gasteiger partial charge in [-0.1, -0.05) is 12.1 Å². The summed E-state index contributed by atoms with van der Waals surface area (Å²) in [5.74, 6) is 0.920. The van der Waals surface area contributed by atoms with Gasteiger partial charge in [0, 0.05) is 19.0 Å². The minimum absolute atomic E-state index is 0.130. The van der Waals surface area contributed by atoms with Crippen molar-refractivity contribution in [3.63, 3.8) is 0 Å². The van der Waals surface area contributed by atoms with E-state index in [4.69, 9.17) is 4.52 Å². The second kappa shape index (κ2) is 4.26. The van der Waals surface area contributed by atoms with Crippen molar-refractivity contribution in [3.8, 4) is 0 Å². The van der Waals surface area contributed by atoms with Crippen LogP contribution in [0.15, 0.2) is 4.52 Å². The van der Waals surface area contributed by atoms with Gasteiger partial charge in [-0.25, -0.2) is 0 Å². The third-order valence-corrected chi connectivity index (χ3v) is 2.30. The Balaban J connectivity index is 2.73. The maximum absolute atomic E-state index is 11.3. The van der Waals surface area contributed by atoms with E-state index in [1.54, 1.807) is 11.9 Å². The molecule has 1 aromatic rings. The van der Waals surface area contributed by atoms with Crippen molar-refractivity contribution < 1.29 is 9.32 Å². The first-order valence-corrected chi connectivity index (χ1v) is 4.72. The maximum atomic E-state index is 11.3. The fourth-order valence-electron chi connectivity index (χ4n) is 1.32. The summed E-state index contributed by atoms with van der Waals surface area (Å²) < 4.78 is 5.02. The maximum Gasteiger partial charge on any atom is 0.222 e. The quantitative estimate of drug-likeness (QED) is 0.738. The molecule has 4 nitrogen and oxygen atoms in total. The van der Waals surface area contributed by atoms with E-state index in [2.05, 4.69) is 5.16 Å². The van der Waals surface area contributed by atoms with Crippen LogP contribution in [-0.2, 0) is 11.3 Å². The number of hydrogen-bond donors (Lipinski definition) is 0. The van der Waals surface area contributed by atoms with Gasteiger partial charge < -0.3 is 9.42 Å². The van der Waals surface area contributed by atoms with Gasteiger partial charge in [-0.05, 0) is 13.8 Å². The molecule has 0 spiro atoms. The highest BCUT2D eigenvalue weighted by Gasteiger charge is 2.13. The molecule has 1 heterocycles. The van der Waals surface area contributed by atoms with Gasteiger partial charge in [0.25, 0.3) is 0 Å². The number of rotatable bonds is 3. The summed E-state index contributed by atoms with van der Waals surface area (Å²) in [4.78, 5) is 13.0. The third kappa shape index (κ3) is 2.13. The van der Waals surface area contributed by atoms with Gasteiger partial charge in [-0.3, -0.25) is 4.79 Å². The average Bonchev–Trinajstić information content (AvgIpc) is 2.48. The number of nitrogens with zero attached hydrogens (tertiary/aromatic N) is 2. The molecular weight excluding hydrogens is 180 g/mol. The second-order valence-corrected chi connectivity index (χ2v) is 3.41. The van der Waals surface area contributed by atoms with Crippen LogP contribution < -0.4 is 0 Å². The lowest BCUT2D eigenvalue weighted by molar-refractivity contribution is -0.130. The second-order valence-electron chi connectivity index (χ2n) is 3.41. The van der Waals surface area contributed by atoms with E-state index in [0.717, 1.165) is 17.0 Å². The van der Waals surface area contributed by atoms with Crippen LogP contribution in [0.3, 0.4) is 0 Å². The first-order valence-electron chi connectivity index (χ1n) is 4.72. The van der Waals surface area contributed by atoms with Crippen molar-refractivity contribution in [2.24, 2.45) is 0 Å². The predicted molar refractivity (Wildman–Crippen MR) is 52.7 cm³/mol. The summed E-state index contributed by atoms with van der Waals surface area (Å²) in [6.45, 7) is 6.18. The Morgan fingerprint density at radius 3 is 2.57 bits per heavy atom. The zero-order valence-electron chi connectivity index (χ0n) is 9.13. The largest absolute Gasteiger partial charge is 0.361 e. The van der Waals surface area contributed by atoms with Crippen LogP contribution in [0.1, 0.15) is 30.4 Å². The van der Waals surface area contributed by atoms with Gasteiger partial charge in [0.2, 0.25) is 5.91 Å². The Labute approximate surface area is 83.9 Å². The Bertz CT molecular complexity index is 311. The van der Waals surface area contributed by atoms with Crippen molar-refractivity contribution in [1.82, 2.24) is 10.1 Å². The van der Waals surface area contributed by atoms with E-state index >= 15 is 0 Å². The molecule has 1 aromatic heterocycles. The standard InChI is InChI=1S/C10H16N2O2/c1-5-10(13)12(4)6-9-7(2)11-14-8(9)3/h5-6H2,1-4H3. The topological polar surface area (TPSA) is 46.3 Å². The molecular formula is C10H16N2O2. The van der Waals surface area contributed by atoms with E-state index in [1.165, 1.54) is 0 Å². The molecule has 0 unspecified atom stereocenters. The predicted octanol–water partition coefficient (Wildman–Crippen LogP) is 1.66. The summed E-state index contributed by atoms with van der Waals surface area (Å²) in [7, 11) is 1.79. The number of hydrogen-bond acceptors (Lipinski definition) is 3. The average molecular weight is 196 g/mol. The Hall–Kier alpha value is -1.32. The molecule has 0 aliphatic heterocycles. The van der Waals surface area contributed by atoms with E-state index < -0.39 is 0 Å². The first-order chi connectivity index (χ1) is 6.56. The number of carbonyl (C=O) groups is 1. The lowest BCUT2D eigenvalue weighted by atomic mass is 10.2. The Morgan fingerprint density at radius 1 is 1.50 bits per heavy atom. The van der Waals surface area contributed by atoms with Gasteiger partial charge in [0.1, 0.15) is 5.76 Å². The Morgan fingerprint density at radius 2 is 2.14 bits per heavy atom. The molecule has 0 aromatic carbocycles. The lowest BCUT2D eigenvalue weighted by Gasteiger charge is -2.15. The van der Waals surface area contributed by atoms with Crippen molar-refractivity contribution in [2.75, 3.05) is 7.05 Å². The zero-order chi connectivity index (χ0) is 10.7. The molecule has 0 fully saturated rings. The summed E-state index contributed by atoms with van der Waals surface area (Å²) in [6.07, 6.45) is 0.528. The monoisotopic (exact) mass is 196 g/mol. The molecule has 0 aliphatic rings. The van der Waals surface area contributed by atoms with E-state index in [9.17, 15) is 4.79 Å². The number of aromatic nitrogens is 1. The van der Waals surface area contributed by atoms with Crippen LogP contribution in [0.25, 0.3) is 0 Å². The van der Waals surface area contributed by atoms with Gasteiger partial charge in [-0.15, -0.1) is 0 Å². The summed E-state index contributed by atoms with van der Waals surface area (Å²) >= 11 is 0. The molecule has 0 aliphatic carbocycles. The molecule has 1 amide bonds. The lowest BCUT2D eigenvalue weighted by Crippen LogP contribution is -2.25. The number of aryl methyl sites for hydroxylation is 2. The molecule has 14 heavy (non-hydrogen) atoms. The van der Waals surface area contributed by atoms with Crippen LogP contribution in [0.4, 0.5) is 0 Å². The summed E-state index contributed by atoms with van der Waals surface area (Å²) in [6, 6.07) is 0. The third-order valence-electron chi connectivity index (χ3n) is 2.30. The van der Waals surface area contributed by atoms with E-state index in [1.807, 2.05) is 20.8 Å². The normalized spacial score (nSPS) is 10.3. The fraction of sp³-hybridized carbons (Fsp3) is 0.600. The first kappa shape index (κ1) is 10.8. The van der Waals surface area contributed by atoms with Gasteiger partial charge in [0.15, 0.2) is 0 Å². The summed E-state index contributed by atoms with van der Waals surface area (Å²) in [5, 5.41) is 3.84. The smallest absolute Gasteiger partial charge is 0.222 e. The van der Waals surface area contributed by atoms with Crippen LogP contribution in [0.2, 0.25) is 0 Å². The van der Waals surface area contributed by atoms with Crippen LogP contribution >= 0.6 is 0 Å². The van der Waals surface area contributed by atoms with Gasteiger partial charge >= 0.3 is 0 Å². The van der Waals surface area contributed by atoms with Crippen molar-refractivity contribution in [2.45, 2.75) is 33.7 Å². The highest BCUT2D eigenvalue weighted by molar-refractivity contribution is 5.75. The van der Waals surface area contributed by atoms with Gasteiger partial charge in [0.05, 0.1) is 12.2 Å². The number of carbonyl (C=O) groups excluding carboxylic acids is 1. The fourth-order valence-corrected chi connectivity index (χ4v) is 1.32. The van der Waals surface area contributed by atoms with Gasteiger partial charge in [-0.2, -0.15) is 0 Å². The van der Waals surface area contributed by atoms with Crippen molar-refractivity contribution in [1.29, 1.82) is 0 Å². The molecule has 0 radical (unpaired) electrons. The Kier molecular flexibility index (Phi) is 3.28. The zero-order valence-corrected chi connectivity index (χ0v) is 9.13. The SMILES string of the molecule is CCC(=O)N(C)Cc1c(C)noc1C. The molecule has 0 saturated heterocycles. The highest BCUT2D eigenvalue weighted by Crippen LogP contribution is 2.14. The molecule has 78 valence electrons. The molecule has 1 rings (SSSR count). The van der Waals surface area contributed by atoms with E-state index in [0.29, 0.717) is 13.0 Å². The highest BCUT2D eigenvalue weighted by atomic mass is 16.5. The van der Waals surface area contributed by atoms with Crippen molar-refractivity contribution >= 4 is 5.91 Å². The molecule has 4 heteroatoms. The minimum Gasteiger partial charge on any atom is -0.361 e. The molecule has 0 bridgehead atoms. The minimum atomic E-state index is 0.130. The summed E-state index contributed by atoms with van der Waals surface area (Å²) in [5.41, 5.74) is 1.87.